The molecule has 1 unspecified atom stereocenters. The van der Waals surface area contributed by atoms with Crippen molar-refractivity contribution in [3.63, 3.8) is 0 Å². The van der Waals surface area contributed by atoms with Crippen molar-refractivity contribution < 1.29 is 9.90 Å². The molecule has 0 spiro atoms. The maximum Gasteiger partial charge on any atom is 0.322 e. The number of hydrogen-bond acceptors (Lipinski definition) is 4. The number of carboxylic acid groups (broad SMARTS) is 1. The van der Waals surface area contributed by atoms with Crippen molar-refractivity contribution in [2.45, 2.75) is 13.0 Å². The van der Waals surface area contributed by atoms with Crippen molar-refractivity contribution >= 4 is 17.3 Å². The van der Waals surface area contributed by atoms with Crippen LogP contribution in [0.3, 0.4) is 0 Å². The van der Waals surface area contributed by atoms with E-state index in [1.807, 2.05) is 44.1 Å². The van der Waals surface area contributed by atoms with E-state index in [4.69, 9.17) is 10.8 Å². The van der Waals surface area contributed by atoms with Crippen LogP contribution in [0.4, 0.5) is 11.4 Å². The second kappa shape index (κ2) is 5.54. The Balaban J connectivity index is 2.73. The fraction of sp³-hybridized carbons (Fsp3) is 0.417. The Kier molecular flexibility index (Phi) is 4.34. The molecule has 0 saturated heterocycles. The monoisotopic (exact) mass is 237 g/mol. The zero-order valence-corrected chi connectivity index (χ0v) is 10.4. The zero-order chi connectivity index (χ0) is 13.0. The van der Waals surface area contributed by atoms with E-state index in [-0.39, 0.29) is 6.54 Å². The smallest absolute Gasteiger partial charge is 0.322 e. The van der Waals surface area contributed by atoms with Crippen LogP contribution in [-0.2, 0) is 4.79 Å². The van der Waals surface area contributed by atoms with Crippen molar-refractivity contribution in [2.24, 2.45) is 5.73 Å². The first-order valence-electron chi connectivity index (χ1n) is 5.42. The number of carboxylic acids is 1. The number of nitrogens with zero attached hydrogens (tertiary/aromatic N) is 1. The zero-order valence-electron chi connectivity index (χ0n) is 10.4. The van der Waals surface area contributed by atoms with E-state index in [1.54, 1.807) is 0 Å². The first-order valence-corrected chi connectivity index (χ1v) is 5.42. The van der Waals surface area contributed by atoms with E-state index >= 15 is 0 Å². The van der Waals surface area contributed by atoms with Gasteiger partial charge in [-0.3, -0.25) is 4.79 Å². The Labute approximate surface area is 101 Å². The lowest BCUT2D eigenvalue weighted by molar-refractivity contribution is -0.138. The van der Waals surface area contributed by atoms with Gasteiger partial charge in [0.1, 0.15) is 6.04 Å². The molecule has 0 amide bonds. The van der Waals surface area contributed by atoms with Gasteiger partial charge in [-0.25, -0.2) is 0 Å². The third kappa shape index (κ3) is 3.64. The summed E-state index contributed by atoms with van der Waals surface area (Å²) in [5.74, 6) is -1.00. The number of hydrogen-bond donors (Lipinski definition) is 3. The first-order chi connectivity index (χ1) is 7.91. The summed E-state index contributed by atoms with van der Waals surface area (Å²) >= 11 is 0. The summed E-state index contributed by atoms with van der Waals surface area (Å²) in [5, 5.41) is 11.7. The van der Waals surface area contributed by atoms with Gasteiger partial charge in [-0.05, 0) is 24.6 Å². The predicted octanol–water partition coefficient (Wildman–Crippen LogP) is 0.885. The molecule has 94 valence electrons. The Hall–Kier alpha value is -1.75. The molecule has 1 rings (SSSR count). The van der Waals surface area contributed by atoms with E-state index in [0.717, 1.165) is 11.4 Å². The van der Waals surface area contributed by atoms with Gasteiger partial charge in [0.25, 0.3) is 0 Å². The molecule has 5 nitrogen and oxygen atoms in total. The molecule has 0 bridgehead atoms. The van der Waals surface area contributed by atoms with Gasteiger partial charge in [-0.2, -0.15) is 0 Å². The molecular weight excluding hydrogens is 218 g/mol. The molecular formula is C12H19N3O2. The topological polar surface area (TPSA) is 78.6 Å². The van der Waals surface area contributed by atoms with Crippen molar-refractivity contribution in [2.75, 3.05) is 30.9 Å². The highest BCUT2D eigenvalue weighted by Crippen LogP contribution is 2.22. The number of nitrogens with two attached hydrogens (primary N) is 1. The highest BCUT2D eigenvalue weighted by Gasteiger charge is 2.10. The Bertz CT molecular complexity index is 405. The molecule has 1 atom stereocenters. The maximum absolute atomic E-state index is 10.6. The third-order valence-corrected chi connectivity index (χ3v) is 2.53. The van der Waals surface area contributed by atoms with E-state index in [9.17, 15) is 4.79 Å². The van der Waals surface area contributed by atoms with Crippen LogP contribution in [0.15, 0.2) is 18.2 Å². The number of aryl methyl sites for hydroxylation is 1. The summed E-state index contributed by atoms with van der Waals surface area (Å²) in [5.41, 5.74) is 8.56. The molecule has 0 aliphatic carbocycles. The molecule has 5 heteroatoms. The van der Waals surface area contributed by atoms with Crippen LogP contribution in [0.1, 0.15) is 5.56 Å². The normalized spacial score (nSPS) is 12.0. The van der Waals surface area contributed by atoms with Gasteiger partial charge in [0.05, 0.1) is 0 Å². The molecule has 1 aromatic rings. The van der Waals surface area contributed by atoms with E-state index in [2.05, 4.69) is 5.32 Å². The number of carbonyl (C=O) groups is 1. The van der Waals surface area contributed by atoms with Gasteiger partial charge in [0, 0.05) is 32.0 Å². The van der Waals surface area contributed by atoms with Crippen molar-refractivity contribution in [3.05, 3.63) is 23.8 Å². The van der Waals surface area contributed by atoms with Crippen molar-refractivity contribution in [1.82, 2.24) is 0 Å². The SMILES string of the molecule is Cc1ccc(NCC(N)C(=O)O)cc1N(C)C. The van der Waals surface area contributed by atoms with Gasteiger partial charge in [-0.15, -0.1) is 0 Å². The average Bonchev–Trinajstić information content (AvgIpc) is 2.26. The number of aliphatic carboxylic acids is 1. The maximum atomic E-state index is 10.6. The minimum absolute atomic E-state index is 0.214. The second-order valence-corrected chi connectivity index (χ2v) is 4.22. The van der Waals surface area contributed by atoms with Crippen LogP contribution in [0.25, 0.3) is 0 Å². The molecule has 0 aromatic heterocycles. The van der Waals surface area contributed by atoms with E-state index < -0.39 is 12.0 Å². The summed E-state index contributed by atoms with van der Waals surface area (Å²) < 4.78 is 0. The molecule has 0 saturated carbocycles. The number of nitrogens with one attached hydrogen (secondary N) is 1. The second-order valence-electron chi connectivity index (χ2n) is 4.22. The summed E-state index contributed by atoms with van der Waals surface area (Å²) in [4.78, 5) is 12.6. The lowest BCUT2D eigenvalue weighted by atomic mass is 10.1. The summed E-state index contributed by atoms with van der Waals surface area (Å²) in [7, 11) is 3.93. The van der Waals surface area contributed by atoms with Gasteiger partial charge in [0.15, 0.2) is 0 Å². The Morgan fingerprint density at radius 3 is 2.71 bits per heavy atom. The van der Waals surface area contributed by atoms with Gasteiger partial charge < -0.3 is 21.1 Å². The van der Waals surface area contributed by atoms with Crippen molar-refractivity contribution in [3.8, 4) is 0 Å². The molecule has 4 N–H and O–H groups in total. The van der Waals surface area contributed by atoms with Gasteiger partial charge in [-0.1, -0.05) is 6.07 Å². The highest BCUT2D eigenvalue weighted by atomic mass is 16.4. The number of benzene rings is 1. The minimum atomic E-state index is -1.00. The lowest BCUT2D eigenvalue weighted by Crippen LogP contribution is -2.36. The highest BCUT2D eigenvalue weighted by molar-refractivity contribution is 5.74. The van der Waals surface area contributed by atoms with Crippen LogP contribution in [0.5, 0.6) is 0 Å². The van der Waals surface area contributed by atoms with Crippen LogP contribution in [0, 0.1) is 6.92 Å². The first kappa shape index (κ1) is 13.3. The fourth-order valence-electron chi connectivity index (χ4n) is 1.52. The van der Waals surface area contributed by atoms with Crippen LogP contribution >= 0.6 is 0 Å². The average molecular weight is 237 g/mol. The molecule has 0 heterocycles. The molecule has 0 aliphatic rings. The van der Waals surface area contributed by atoms with Crippen LogP contribution in [-0.4, -0.2) is 37.8 Å². The molecule has 1 aromatic carbocycles. The largest absolute Gasteiger partial charge is 0.480 e. The van der Waals surface area contributed by atoms with E-state index in [0.29, 0.717) is 0 Å². The van der Waals surface area contributed by atoms with E-state index in [1.165, 1.54) is 5.56 Å². The van der Waals surface area contributed by atoms with Crippen molar-refractivity contribution in [1.29, 1.82) is 0 Å². The fourth-order valence-corrected chi connectivity index (χ4v) is 1.52. The van der Waals surface area contributed by atoms with Gasteiger partial charge >= 0.3 is 5.97 Å². The molecule has 0 aliphatic heterocycles. The minimum Gasteiger partial charge on any atom is -0.480 e. The standard InChI is InChI=1S/C12H19N3O2/c1-8-4-5-9(6-11(8)15(2)3)14-7-10(13)12(16)17/h4-6,10,14H,7,13H2,1-3H3,(H,16,17). The van der Waals surface area contributed by atoms with Crippen LogP contribution < -0.4 is 16.0 Å². The summed E-state index contributed by atoms with van der Waals surface area (Å²) in [6.45, 7) is 2.24. The Morgan fingerprint density at radius 1 is 1.53 bits per heavy atom. The quantitative estimate of drug-likeness (QED) is 0.708. The summed E-state index contributed by atoms with van der Waals surface area (Å²) in [6, 6.07) is 4.99. The summed E-state index contributed by atoms with van der Waals surface area (Å²) in [6.07, 6.45) is 0. The van der Waals surface area contributed by atoms with Crippen LogP contribution in [0.2, 0.25) is 0 Å². The Morgan fingerprint density at radius 2 is 2.18 bits per heavy atom. The number of anilines is 2. The predicted molar refractivity (Wildman–Crippen MR) is 69.6 cm³/mol. The van der Waals surface area contributed by atoms with Gasteiger partial charge in [0.2, 0.25) is 0 Å². The molecule has 17 heavy (non-hydrogen) atoms. The molecule has 0 fully saturated rings. The third-order valence-electron chi connectivity index (χ3n) is 2.53. The lowest BCUT2D eigenvalue weighted by Gasteiger charge is -2.18. The molecule has 0 radical (unpaired) electrons. The number of rotatable bonds is 5.